The molecule has 0 spiro atoms. The van der Waals surface area contributed by atoms with Crippen molar-refractivity contribution in [2.45, 2.75) is 6.42 Å². The van der Waals surface area contributed by atoms with Gasteiger partial charge in [-0.05, 0) is 48.0 Å². The number of hydrogen-bond acceptors (Lipinski definition) is 6. The zero-order valence-corrected chi connectivity index (χ0v) is 19.7. The molecule has 0 heterocycles. The van der Waals surface area contributed by atoms with Gasteiger partial charge in [-0.3, -0.25) is 4.79 Å². The van der Waals surface area contributed by atoms with Crippen molar-refractivity contribution in [1.29, 1.82) is 0 Å². The maximum Gasteiger partial charge on any atom is 0.180 e. The van der Waals surface area contributed by atoms with Crippen LogP contribution in [0, 0.1) is 0 Å². The van der Waals surface area contributed by atoms with Crippen LogP contribution in [0.15, 0.2) is 76.8 Å². The van der Waals surface area contributed by atoms with Crippen LogP contribution >= 0.6 is 34.8 Å². The first kappa shape index (κ1) is 23.7. The Labute approximate surface area is 210 Å². The van der Waals surface area contributed by atoms with Gasteiger partial charge in [-0.1, -0.05) is 40.9 Å². The number of hydrogen-bond donors (Lipinski definition) is 4. The Morgan fingerprint density at radius 2 is 1.50 bits per heavy atom. The van der Waals surface area contributed by atoms with E-state index in [0.29, 0.717) is 38.9 Å². The zero-order chi connectivity index (χ0) is 24.4. The molecule has 0 amide bonds. The number of rotatable bonds is 5. The number of halogens is 3. The van der Waals surface area contributed by atoms with Crippen LogP contribution in [0.25, 0.3) is 0 Å². The van der Waals surface area contributed by atoms with Crippen molar-refractivity contribution in [3.05, 3.63) is 93.0 Å². The van der Waals surface area contributed by atoms with Gasteiger partial charge in [-0.2, -0.15) is 0 Å². The summed E-state index contributed by atoms with van der Waals surface area (Å²) in [5.74, 6) is -0.236. The van der Waals surface area contributed by atoms with E-state index < -0.39 is 0 Å². The van der Waals surface area contributed by atoms with E-state index in [1.807, 2.05) is 0 Å². The number of phenolic OH excluding ortho intramolecular Hbond substituents is 3. The molecule has 0 saturated carbocycles. The fourth-order valence-corrected chi connectivity index (χ4v) is 3.98. The minimum Gasteiger partial charge on any atom is -0.508 e. The van der Waals surface area contributed by atoms with Gasteiger partial charge in [-0.25, -0.2) is 4.99 Å². The molecule has 0 aromatic heterocycles. The Balaban J connectivity index is 1.80. The molecule has 0 fully saturated rings. The molecule has 1 aliphatic rings. The fraction of sp³-hybridized carbons (Fsp3) is 0.0400. The smallest absolute Gasteiger partial charge is 0.180 e. The quantitative estimate of drug-likeness (QED) is 0.222. The first-order valence-corrected chi connectivity index (χ1v) is 11.1. The number of anilines is 2. The molecule has 4 rings (SSSR count). The lowest BCUT2D eigenvalue weighted by Crippen LogP contribution is -2.04. The number of carbonyl (C=O) groups is 1. The Kier molecular flexibility index (Phi) is 6.84. The molecule has 0 radical (unpaired) electrons. The molecule has 0 atom stereocenters. The number of nitrogens with zero attached hydrogens (tertiary/aromatic N) is 1. The highest BCUT2D eigenvalue weighted by atomic mass is 35.5. The Morgan fingerprint density at radius 1 is 0.794 bits per heavy atom. The molecule has 172 valence electrons. The Bertz CT molecular complexity index is 1400. The second-order valence-electron chi connectivity index (χ2n) is 7.46. The van der Waals surface area contributed by atoms with E-state index in [4.69, 9.17) is 34.8 Å². The van der Waals surface area contributed by atoms with Crippen LogP contribution in [0.3, 0.4) is 0 Å². The standard InChI is InChI=1S/C25H17Cl3N2O4/c26-18-9-15(31)2-1-13(18)7-14-8-23(29-21-5-3-16(32)10-19(21)27)24(12-25(14)34)30-22-6-4-17(33)11-20(22)28/h1-6,8-12,29,31-32,34H,7H2. The summed E-state index contributed by atoms with van der Waals surface area (Å²) in [6.07, 6.45) is 4.36. The normalized spacial score (nSPS) is 14.4. The lowest BCUT2D eigenvalue weighted by atomic mass is 10.0. The van der Waals surface area contributed by atoms with Gasteiger partial charge in [0.15, 0.2) is 5.78 Å². The molecular formula is C25H17Cl3N2O4. The summed E-state index contributed by atoms with van der Waals surface area (Å²) < 4.78 is 0. The van der Waals surface area contributed by atoms with E-state index in [0.717, 1.165) is 0 Å². The third-order valence-electron chi connectivity index (χ3n) is 5.00. The molecule has 0 bridgehead atoms. The molecule has 9 heteroatoms. The molecule has 0 saturated heterocycles. The van der Waals surface area contributed by atoms with Crippen molar-refractivity contribution >= 4 is 63.4 Å². The number of ketones is 1. The molecule has 1 aliphatic carbocycles. The van der Waals surface area contributed by atoms with Crippen molar-refractivity contribution in [3.8, 4) is 17.2 Å². The van der Waals surface area contributed by atoms with E-state index >= 15 is 0 Å². The summed E-state index contributed by atoms with van der Waals surface area (Å²) in [4.78, 5) is 16.1. The predicted molar refractivity (Wildman–Crippen MR) is 136 cm³/mol. The van der Waals surface area contributed by atoms with Crippen LogP contribution in [-0.2, 0) is 11.2 Å². The summed E-state index contributed by atoms with van der Waals surface area (Å²) in [5.41, 5.74) is 2.89. The number of benzene rings is 3. The number of aliphatic imine (C=N–C) groups is 1. The highest BCUT2D eigenvalue weighted by Gasteiger charge is 2.16. The number of allylic oxidation sites excluding steroid dienone is 4. The minimum absolute atomic E-state index is 0.0123. The van der Waals surface area contributed by atoms with Gasteiger partial charge in [0.25, 0.3) is 0 Å². The van der Waals surface area contributed by atoms with E-state index in [1.165, 1.54) is 48.6 Å². The van der Waals surface area contributed by atoms with Crippen molar-refractivity contribution in [2.24, 2.45) is 4.99 Å². The van der Waals surface area contributed by atoms with Gasteiger partial charge in [0.1, 0.15) is 17.2 Å². The van der Waals surface area contributed by atoms with Crippen LogP contribution in [-0.4, -0.2) is 26.8 Å². The minimum atomic E-state index is -0.248. The molecular weight excluding hydrogens is 499 g/mol. The lowest BCUT2D eigenvalue weighted by Gasteiger charge is -2.16. The van der Waals surface area contributed by atoms with Crippen LogP contribution in [0.5, 0.6) is 17.2 Å². The van der Waals surface area contributed by atoms with E-state index in [-0.39, 0.29) is 39.5 Å². The van der Waals surface area contributed by atoms with Crippen molar-refractivity contribution < 1.29 is 20.1 Å². The van der Waals surface area contributed by atoms with Crippen LogP contribution in [0.4, 0.5) is 17.1 Å². The number of phenols is 3. The second-order valence-corrected chi connectivity index (χ2v) is 8.69. The molecule has 0 unspecified atom stereocenters. The van der Waals surface area contributed by atoms with Gasteiger partial charge in [-0.15, -0.1) is 0 Å². The van der Waals surface area contributed by atoms with Crippen molar-refractivity contribution in [3.63, 3.8) is 0 Å². The van der Waals surface area contributed by atoms with Crippen LogP contribution < -0.4 is 5.32 Å². The largest absolute Gasteiger partial charge is 0.508 e. The summed E-state index contributed by atoms with van der Waals surface area (Å²) in [6, 6.07) is 12.2. The fourth-order valence-electron chi connectivity index (χ4n) is 3.30. The summed E-state index contributed by atoms with van der Waals surface area (Å²) >= 11 is 18.7. The third kappa shape index (κ3) is 5.37. The molecule has 0 aliphatic heterocycles. The van der Waals surface area contributed by atoms with Crippen molar-refractivity contribution in [2.75, 3.05) is 5.32 Å². The Hall–Kier alpha value is -3.45. The SMILES string of the molecule is O=C1C=CC(=Nc2cc(O)c(Cc3ccc(O)cc3Cl)cc2Nc2ccc(O)cc2Cl)C(Cl)=C1. The average molecular weight is 516 g/mol. The van der Waals surface area contributed by atoms with Crippen LogP contribution in [0.2, 0.25) is 10.0 Å². The Morgan fingerprint density at radius 3 is 2.18 bits per heavy atom. The molecule has 3 aromatic carbocycles. The number of nitrogens with one attached hydrogen (secondary N) is 1. The lowest BCUT2D eigenvalue weighted by molar-refractivity contribution is -0.110. The molecule has 4 N–H and O–H groups in total. The zero-order valence-electron chi connectivity index (χ0n) is 17.4. The monoisotopic (exact) mass is 514 g/mol. The molecule has 6 nitrogen and oxygen atoms in total. The summed E-state index contributed by atoms with van der Waals surface area (Å²) in [6.45, 7) is 0. The van der Waals surface area contributed by atoms with Gasteiger partial charge < -0.3 is 20.6 Å². The second kappa shape index (κ2) is 9.81. The molecule has 3 aromatic rings. The van der Waals surface area contributed by atoms with E-state index in [9.17, 15) is 20.1 Å². The maximum absolute atomic E-state index is 11.5. The maximum atomic E-state index is 11.5. The first-order chi connectivity index (χ1) is 16.2. The van der Waals surface area contributed by atoms with E-state index in [2.05, 4.69) is 10.3 Å². The first-order valence-electron chi connectivity index (χ1n) is 9.97. The van der Waals surface area contributed by atoms with Crippen molar-refractivity contribution in [1.82, 2.24) is 0 Å². The van der Waals surface area contributed by atoms with Gasteiger partial charge in [0, 0.05) is 35.2 Å². The summed E-state index contributed by atoms with van der Waals surface area (Å²) in [5, 5.41) is 34.0. The van der Waals surface area contributed by atoms with Crippen LogP contribution in [0.1, 0.15) is 11.1 Å². The highest BCUT2D eigenvalue weighted by molar-refractivity contribution is 6.48. The number of carbonyl (C=O) groups excluding carboxylic acids is 1. The third-order valence-corrected chi connectivity index (χ3v) is 5.96. The number of aromatic hydroxyl groups is 3. The van der Waals surface area contributed by atoms with E-state index in [1.54, 1.807) is 18.2 Å². The summed E-state index contributed by atoms with van der Waals surface area (Å²) in [7, 11) is 0. The molecule has 34 heavy (non-hydrogen) atoms. The van der Waals surface area contributed by atoms with Gasteiger partial charge in [0.05, 0.1) is 32.8 Å². The average Bonchev–Trinajstić information content (AvgIpc) is 2.76. The van der Waals surface area contributed by atoms with Gasteiger partial charge >= 0.3 is 0 Å². The predicted octanol–water partition coefficient (Wildman–Crippen LogP) is 6.78. The topological polar surface area (TPSA) is 102 Å². The highest BCUT2D eigenvalue weighted by Crippen LogP contribution is 2.39. The van der Waals surface area contributed by atoms with Gasteiger partial charge in [0.2, 0.25) is 0 Å².